The number of benzene rings is 1. The molecule has 0 aromatic heterocycles. The van der Waals surface area contributed by atoms with Gasteiger partial charge in [-0.1, -0.05) is 46.1 Å². The molecule has 0 bridgehead atoms. The van der Waals surface area contributed by atoms with Gasteiger partial charge in [0.15, 0.2) is 0 Å². The maximum Gasteiger partial charge on any atom is 4.00 e. The summed E-state index contributed by atoms with van der Waals surface area (Å²) in [6.07, 6.45) is 4.57. The maximum absolute atomic E-state index is 3.44. The molecule has 0 saturated carbocycles. The average Bonchev–Trinajstić information content (AvgIpc) is 2.95. The third-order valence-electron chi connectivity index (χ3n) is 4.65. The van der Waals surface area contributed by atoms with Crippen LogP contribution < -0.4 is 48.0 Å². The quantitative estimate of drug-likeness (QED) is 0.316. The Hall–Kier alpha value is 0.653. The fraction of sp³-hybridized carbons (Fsp3) is 0.381. The van der Waals surface area contributed by atoms with Crippen LogP contribution in [0.25, 0.3) is 10.8 Å². The fourth-order valence-corrected chi connectivity index (χ4v) is 2.83. The molecule has 0 amide bonds. The molecule has 0 unspecified atom stereocenters. The smallest absolute Gasteiger partial charge is 1.00 e. The molecule has 128 valence electrons. The fourth-order valence-electron chi connectivity index (χ4n) is 2.83. The molecule has 24 heavy (non-hydrogen) atoms. The van der Waals surface area contributed by atoms with Crippen LogP contribution >= 0.6 is 0 Å². The molecule has 0 atom stereocenters. The predicted molar refractivity (Wildman–Crippen MR) is 93.5 cm³/mol. The first-order valence-electron chi connectivity index (χ1n) is 7.79. The summed E-state index contributed by atoms with van der Waals surface area (Å²) in [7, 11) is 0. The first-order valence-corrected chi connectivity index (χ1v) is 7.79. The molecule has 0 N–H and O–H groups in total. The van der Waals surface area contributed by atoms with E-state index in [4.69, 9.17) is 0 Å². The van der Waals surface area contributed by atoms with E-state index in [1.165, 1.54) is 33.1 Å². The summed E-state index contributed by atoms with van der Waals surface area (Å²) < 4.78 is 0. The summed E-state index contributed by atoms with van der Waals surface area (Å²) in [4.78, 5) is 0. The zero-order chi connectivity index (χ0) is 15.6. The van der Waals surface area contributed by atoms with Gasteiger partial charge in [-0.25, -0.2) is 5.57 Å². The summed E-state index contributed by atoms with van der Waals surface area (Å²) in [6.45, 7) is 13.1. The summed E-state index contributed by atoms with van der Waals surface area (Å²) in [5.41, 5.74) is 5.83. The second-order valence-electron chi connectivity index (χ2n) is 6.47. The van der Waals surface area contributed by atoms with Gasteiger partial charge < -0.3 is 48.0 Å². The van der Waals surface area contributed by atoms with Gasteiger partial charge in [0.2, 0.25) is 0 Å². The topological polar surface area (TPSA) is 0 Å². The van der Waals surface area contributed by atoms with Crippen molar-refractivity contribution in [3.8, 4) is 0 Å². The van der Waals surface area contributed by atoms with Gasteiger partial charge in [0.25, 0.3) is 0 Å². The Bertz CT molecular complexity index is 672. The summed E-state index contributed by atoms with van der Waals surface area (Å²) in [5.74, 6) is 0. The number of hydrogen-bond donors (Lipinski definition) is 0. The number of fused-ring (bicyclic) bond motifs is 1. The molecule has 0 saturated heterocycles. The molecule has 3 heteroatoms. The van der Waals surface area contributed by atoms with Crippen molar-refractivity contribution in [1.29, 1.82) is 0 Å². The Kier molecular flexibility index (Phi) is 12.7. The Balaban J connectivity index is 0. The molecule has 0 spiro atoms. The van der Waals surface area contributed by atoms with E-state index >= 15 is 0 Å². The average molecular weight is 623 g/mol. The SMILES string of the molecule is CC1=[C-]C(C)(C)C(C)=C1C.CCc1cc2ccccc2[cH-]1.[I-].[I-].[Zr+4]. The van der Waals surface area contributed by atoms with Crippen LogP contribution in [0.5, 0.6) is 0 Å². The number of rotatable bonds is 1. The monoisotopic (exact) mass is 622 g/mol. The van der Waals surface area contributed by atoms with Crippen LogP contribution in [0.3, 0.4) is 0 Å². The minimum absolute atomic E-state index is 0. The van der Waals surface area contributed by atoms with Crippen LogP contribution in [0, 0.1) is 11.5 Å². The van der Waals surface area contributed by atoms with E-state index in [1.54, 1.807) is 0 Å². The molecular formula is C21H26I2Zr. The van der Waals surface area contributed by atoms with Crippen molar-refractivity contribution < 1.29 is 74.2 Å². The largest absolute Gasteiger partial charge is 4.00 e. The van der Waals surface area contributed by atoms with Gasteiger partial charge in [-0.2, -0.15) is 17.2 Å². The standard InChI is InChI=1S/C11H11.C10H15.2HI.Zr/c1-2-9-7-10-5-3-4-6-11(10)8-9;1-7-6-10(4,5)9(3)8(7)2;;;/h3-8H,2H2,1H3;1-5H3;2*1H;/q2*-1;;;+4/p-2. The van der Waals surface area contributed by atoms with Gasteiger partial charge in [-0.05, 0) is 6.42 Å². The molecule has 0 fully saturated rings. The molecule has 1 aliphatic rings. The van der Waals surface area contributed by atoms with Crippen LogP contribution in [-0.4, -0.2) is 0 Å². The van der Waals surface area contributed by atoms with Crippen molar-refractivity contribution in [2.75, 3.05) is 0 Å². The Morgan fingerprint density at radius 2 is 1.62 bits per heavy atom. The van der Waals surface area contributed by atoms with Crippen LogP contribution in [-0.2, 0) is 32.6 Å². The summed E-state index contributed by atoms with van der Waals surface area (Å²) in [5, 5.41) is 2.73. The summed E-state index contributed by atoms with van der Waals surface area (Å²) in [6, 6.07) is 13.0. The molecule has 0 aliphatic heterocycles. The van der Waals surface area contributed by atoms with Crippen molar-refractivity contribution >= 4 is 10.8 Å². The Labute approximate surface area is 201 Å². The van der Waals surface area contributed by atoms with E-state index in [-0.39, 0.29) is 79.6 Å². The zero-order valence-electron chi connectivity index (χ0n) is 15.4. The second kappa shape index (κ2) is 11.4. The third-order valence-corrected chi connectivity index (χ3v) is 4.65. The first kappa shape index (κ1) is 26.9. The van der Waals surface area contributed by atoms with E-state index < -0.39 is 0 Å². The van der Waals surface area contributed by atoms with Crippen LogP contribution in [0.4, 0.5) is 0 Å². The van der Waals surface area contributed by atoms with Crippen LogP contribution in [0.15, 0.2) is 53.1 Å². The Morgan fingerprint density at radius 3 is 2.00 bits per heavy atom. The molecule has 0 radical (unpaired) electrons. The van der Waals surface area contributed by atoms with Gasteiger partial charge in [-0.3, -0.25) is 6.08 Å². The molecule has 0 heterocycles. The normalized spacial score (nSPS) is 14.7. The van der Waals surface area contributed by atoms with Crippen LogP contribution in [0.2, 0.25) is 0 Å². The first-order chi connectivity index (χ1) is 9.85. The molecule has 2 aromatic carbocycles. The van der Waals surface area contributed by atoms with Gasteiger partial charge in [0, 0.05) is 0 Å². The molecule has 1 aliphatic carbocycles. The van der Waals surface area contributed by atoms with Crippen molar-refractivity contribution in [2.24, 2.45) is 5.41 Å². The number of allylic oxidation sites excluding steroid dienone is 4. The summed E-state index contributed by atoms with van der Waals surface area (Å²) >= 11 is 0. The molecule has 3 rings (SSSR count). The predicted octanol–water partition coefficient (Wildman–Crippen LogP) is 0.239. The Morgan fingerprint density at radius 1 is 1.04 bits per heavy atom. The van der Waals surface area contributed by atoms with Crippen LogP contribution in [0.1, 0.15) is 47.1 Å². The van der Waals surface area contributed by atoms with E-state index in [9.17, 15) is 0 Å². The number of aryl methyl sites for hydroxylation is 1. The minimum Gasteiger partial charge on any atom is -1.00 e. The van der Waals surface area contributed by atoms with E-state index in [0.717, 1.165) is 6.42 Å². The van der Waals surface area contributed by atoms with Crippen molar-refractivity contribution in [3.63, 3.8) is 0 Å². The zero-order valence-corrected chi connectivity index (χ0v) is 22.2. The van der Waals surface area contributed by atoms with Gasteiger partial charge in [0.05, 0.1) is 0 Å². The number of hydrogen-bond acceptors (Lipinski definition) is 0. The maximum atomic E-state index is 3.44. The minimum atomic E-state index is 0. The molecule has 2 aromatic rings. The van der Waals surface area contributed by atoms with Gasteiger partial charge in [0.1, 0.15) is 0 Å². The van der Waals surface area contributed by atoms with Gasteiger partial charge >= 0.3 is 26.2 Å². The third kappa shape index (κ3) is 6.43. The van der Waals surface area contributed by atoms with Crippen molar-refractivity contribution in [3.05, 3.63) is 64.8 Å². The van der Waals surface area contributed by atoms with Crippen molar-refractivity contribution in [1.82, 2.24) is 0 Å². The van der Waals surface area contributed by atoms with E-state index in [0.29, 0.717) is 0 Å². The molecular weight excluding hydrogens is 597 g/mol. The van der Waals surface area contributed by atoms with Crippen molar-refractivity contribution in [2.45, 2.75) is 48.0 Å². The number of halogens is 2. The molecule has 0 nitrogen and oxygen atoms in total. The second-order valence-corrected chi connectivity index (χ2v) is 6.47. The van der Waals surface area contributed by atoms with E-state index in [1.807, 2.05) is 0 Å². The van der Waals surface area contributed by atoms with E-state index in [2.05, 4.69) is 84.0 Å². The van der Waals surface area contributed by atoms with Gasteiger partial charge in [-0.15, -0.1) is 47.5 Å².